The van der Waals surface area contributed by atoms with E-state index in [0.717, 1.165) is 11.3 Å². The van der Waals surface area contributed by atoms with Crippen LogP contribution in [0.1, 0.15) is 18.9 Å². The first-order valence-electron chi connectivity index (χ1n) is 7.42. The standard InChI is InChI=1S/C15H23N3O3S/c1-3-21-14-7-5-4-6-12(14)10-17-15(16-2)18-13-8-9-22(19,20)11-13/h4-7,13H,3,8-11H2,1-2H3,(H2,16,17,18). The highest BCUT2D eigenvalue weighted by Crippen LogP contribution is 2.17. The molecule has 0 saturated carbocycles. The average Bonchev–Trinajstić information content (AvgIpc) is 2.84. The van der Waals surface area contributed by atoms with Crippen molar-refractivity contribution in [2.45, 2.75) is 25.9 Å². The van der Waals surface area contributed by atoms with Gasteiger partial charge in [0, 0.05) is 25.2 Å². The molecule has 2 rings (SSSR count). The molecule has 0 radical (unpaired) electrons. The zero-order valence-corrected chi connectivity index (χ0v) is 13.8. The zero-order valence-electron chi connectivity index (χ0n) is 13.0. The van der Waals surface area contributed by atoms with Gasteiger partial charge in [0.1, 0.15) is 5.75 Å². The molecular weight excluding hydrogens is 302 g/mol. The normalized spacial score (nSPS) is 20.6. The van der Waals surface area contributed by atoms with E-state index in [1.165, 1.54) is 0 Å². The van der Waals surface area contributed by atoms with Crippen molar-refractivity contribution < 1.29 is 13.2 Å². The summed E-state index contributed by atoms with van der Waals surface area (Å²) in [5, 5.41) is 6.36. The number of aliphatic imine (C=N–C) groups is 1. The first kappa shape index (κ1) is 16.6. The van der Waals surface area contributed by atoms with E-state index in [4.69, 9.17) is 4.74 Å². The van der Waals surface area contributed by atoms with Gasteiger partial charge in [0.15, 0.2) is 15.8 Å². The van der Waals surface area contributed by atoms with Crippen LogP contribution in [0, 0.1) is 0 Å². The number of benzene rings is 1. The van der Waals surface area contributed by atoms with Gasteiger partial charge in [-0.1, -0.05) is 18.2 Å². The van der Waals surface area contributed by atoms with Crippen molar-refractivity contribution >= 4 is 15.8 Å². The Kier molecular flexibility index (Phi) is 5.65. The Bertz CT molecular complexity index is 629. The Labute approximate surface area is 131 Å². The van der Waals surface area contributed by atoms with E-state index in [2.05, 4.69) is 15.6 Å². The van der Waals surface area contributed by atoms with Crippen LogP contribution < -0.4 is 15.4 Å². The van der Waals surface area contributed by atoms with Gasteiger partial charge in [-0.2, -0.15) is 0 Å². The molecule has 122 valence electrons. The predicted octanol–water partition coefficient (Wildman–Crippen LogP) is 0.937. The lowest BCUT2D eigenvalue weighted by Gasteiger charge is -2.17. The number of ether oxygens (including phenoxy) is 1. The van der Waals surface area contributed by atoms with Crippen LogP contribution in [0.2, 0.25) is 0 Å². The third-order valence-electron chi connectivity index (χ3n) is 3.52. The summed E-state index contributed by atoms with van der Waals surface area (Å²) in [6, 6.07) is 7.74. The molecule has 6 nitrogen and oxygen atoms in total. The molecule has 1 heterocycles. The van der Waals surface area contributed by atoms with Gasteiger partial charge in [0.25, 0.3) is 0 Å². The third-order valence-corrected chi connectivity index (χ3v) is 5.28. The lowest BCUT2D eigenvalue weighted by Crippen LogP contribution is -2.43. The van der Waals surface area contributed by atoms with Crippen molar-refractivity contribution in [1.82, 2.24) is 10.6 Å². The van der Waals surface area contributed by atoms with Crippen LogP contribution in [0.25, 0.3) is 0 Å². The molecule has 1 aromatic carbocycles. The summed E-state index contributed by atoms with van der Waals surface area (Å²) < 4.78 is 28.6. The first-order valence-corrected chi connectivity index (χ1v) is 9.24. The molecule has 1 aliphatic heterocycles. The molecule has 0 aliphatic carbocycles. The second kappa shape index (κ2) is 7.49. The zero-order chi connectivity index (χ0) is 16.0. The third kappa shape index (κ3) is 4.62. The van der Waals surface area contributed by atoms with Gasteiger partial charge in [0.05, 0.1) is 18.1 Å². The van der Waals surface area contributed by atoms with Crippen LogP contribution in [0.4, 0.5) is 0 Å². The number of para-hydroxylation sites is 1. The van der Waals surface area contributed by atoms with Gasteiger partial charge < -0.3 is 15.4 Å². The summed E-state index contributed by atoms with van der Waals surface area (Å²) in [4.78, 5) is 4.15. The van der Waals surface area contributed by atoms with E-state index in [9.17, 15) is 8.42 Å². The Hall–Kier alpha value is -1.76. The molecule has 0 spiro atoms. The minimum absolute atomic E-state index is 0.0710. The van der Waals surface area contributed by atoms with E-state index in [1.54, 1.807) is 7.05 Å². The van der Waals surface area contributed by atoms with Crippen molar-refractivity contribution in [3.8, 4) is 5.75 Å². The van der Waals surface area contributed by atoms with Crippen LogP contribution in [-0.2, 0) is 16.4 Å². The molecule has 1 aromatic rings. The number of nitrogens with zero attached hydrogens (tertiary/aromatic N) is 1. The van der Waals surface area contributed by atoms with Gasteiger partial charge in [-0.05, 0) is 19.4 Å². The fourth-order valence-corrected chi connectivity index (χ4v) is 4.10. The Morgan fingerprint density at radius 3 is 2.82 bits per heavy atom. The minimum Gasteiger partial charge on any atom is -0.494 e. The fourth-order valence-electron chi connectivity index (χ4n) is 2.42. The summed E-state index contributed by atoms with van der Waals surface area (Å²) in [5.74, 6) is 1.86. The summed E-state index contributed by atoms with van der Waals surface area (Å²) in [6.07, 6.45) is 0.624. The second-order valence-corrected chi connectivity index (χ2v) is 7.44. The lowest BCUT2D eigenvalue weighted by molar-refractivity contribution is 0.336. The molecule has 2 N–H and O–H groups in total. The van der Waals surface area contributed by atoms with E-state index in [1.807, 2.05) is 31.2 Å². The molecule has 0 amide bonds. The van der Waals surface area contributed by atoms with E-state index in [-0.39, 0.29) is 17.5 Å². The average molecular weight is 325 g/mol. The highest BCUT2D eigenvalue weighted by molar-refractivity contribution is 7.91. The summed E-state index contributed by atoms with van der Waals surface area (Å²) in [6.45, 7) is 3.13. The fraction of sp³-hybridized carbons (Fsp3) is 0.533. The molecule has 0 aromatic heterocycles. The number of guanidine groups is 1. The topological polar surface area (TPSA) is 79.8 Å². The maximum atomic E-state index is 11.5. The maximum absolute atomic E-state index is 11.5. The number of sulfone groups is 1. The molecule has 7 heteroatoms. The van der Waals surface area contributed by atoms with Crippen LogP contribution in [0.15, 0.2) is 29.3 Å². The largest absolute Gasteiger partial charge is 0.494 e. The van der Waals surface area contributed by atoms with Gasteiger partial charge in [-0.3, -0.25) is 4.99 Å². The van der Waals surface area contributed by atoms with E-state index in [0.29, 0.717) is 25.5 Å². The minimum atomic E-state index is -2.90. The van der Waals surface area contributed by atoms with E-state index >= 15 is 0 Å². The quantitative estimate of drug-likeness (QED) is 0.622. The Morgan fingerprint density at radius 1 is 1.41 bits per heavy atom. The smallest absolute Gasteiger partial charge is 0.191 e. The van der Waals surface area contributed by atoms with Gasteiger partial charge in [-0.15, -0.1) is 0 Å². The molecule has 1 saturated heterocycles. The molecule has 22 heavy (non-hydrogen) atoms. The molecule has 1 atom stereocenters. The highest BCUT2D eigenvalue weighted by Gasteiger charge is 2.28. The lowest BCUT2D eigenvalue weighted by atomic mass is 10.2. The van der Waals surface area contributed by atoms with Crippen molar-refractivity contribution in [3.63, 3.8) is 0 Å². The highest BCUT2D eigenvalue weighted by atomic mass is 32.2. The van der Waals surface area contributed by atoms with Gasteiger partial charge >= 0.3 is 0 Å². The second-order valence-electron chi connectivity index (χ2n) is 5.21. The van der Waals surface area contributed by atoms with Crippen LogP contribution in [0.3, 0.4) is 0 Å². The maximum Gasteiger partial charge on any atom is 0.191 e. The number of nitrogens with one attached hydrogen (secondary N) is 2. The summed E-state index contributed by atoms with van der Waals surface area (Å²) in [7, 11) is -1.22. The summed E-state index contributed by atoms with van der Waals surface area (Å²) >= 11 is 0. The number of hydrogen-bond acceptors (Lipinski definition) is 4. The number of hydrogen-bond donors (Lipinski definition) is 2. The van der Waals surface area contributed by atoms with Crippen molar-refractivity contribution in [1.29, 1.82) is 0 Å². The molecule has 1 aliphatic rings. The van der Waals surface area contributed by atoms with Crippen molar-refractivity contribution in [2.75, 3.05) is 25.2 Å². The molecule has 1 unspecified atom stereocenters. The Balaban J connectivity index is 1.92. The van der Waals surface area contributed by atoms with Crippen LogP contribution in [0.5, 0.6) is 5.75 Å². The van der Waals surface area contributed by atoms with E-state index < -0.39 is 9.84 Å². The monoisotopic (exact) mass is 325 g/mol. The first-order chi connectivity index (χ1) is 10.5. The molecule has 1 fully saturated rings. The van der Waals surface area contributed by atoms with Crippen molar-refractivity contribution in [2.24, 2.45) is 4.99 Å². The Morgan fingerprint density at radius 2 is 2.18 bits per heavy atom. The summed E-state index contributed by atoms with van der Waals surface area (Å²) in [5.41, 5.74) is 1.03. The SMILES string of the molecule is CCOc1ccccc1CNC(=NC)NC1CCS(=O)(=O)C1. The van der Waals surface area contributed by atoms with Crippen molar-refractivity contribution in [3.05, 3.63) is 29.8 Å². The molecular formula is C15H23N3O3S. The number of rotatable bonds is 5. The molecule has 0 bridgehead atoms. The van der Waals surface area contributed by atoms with Gasteiger partial charge in [-0.25, -0.2) is 8.42 Å². The van der Waals surface area contributed by atoms with Crippen LogP contribution >= 0.6 is 0 Å². The van der Waals surface area contributed by atoms with Crippen LogP contribution in [-0.4, -0.2) is 45.6 Å². The predicted molar refractivity (Wildman–Crippen MR) is 88.0 cm³/mol. The van der Waals surface area contributed by atoms with Gasteiger partial charge in [0.2, 0.25) is 0 Å².